The van der Waals surface area contributed by atoms with Gasteiger partial charge in [-0.05, 0) is 18.4 Å². The van der Waals surface area contributed by atoms with E-state index in [0.717, 1.165) is 26.6 Å². The molecule has 3 rings (SSSR count). The molecule has 0 aromatic heterocycles. The van der Waals surface area contributed by atoms with Gasteiger partial charge in [0.1, 0.15) is 0 Å². The molecule has 0 unspecified atom stereocenters. The summed E-state index contributed by atoms with van der Waals surface area (Å²) in [6.45, 7) is 3.67. The second-order valence-electron chi connectivity index (χ2n) is 4.59. The summed E-state index contributed by atoms with van der Waals surface area (Å²) in [6.07, 6.45) is 1.89. The zero-order chi connectivity index (χ0) is 14.7. The molecule has 1 aliphatic rings. The fourth-order valence-electron chi connectivity index (χ4n) is 2.20. The molecule has 1 aliphatic heterocycles. The minimum atomic E-state index is 0.491. The molecule has 1 N–H and O–H groups in total. The van der Waals surface area contributed by atoms with Crippen LogP contribution in [0.5, 0.6) is 0 Å². The lowest BCUT2D eigenvalue weighted by molar-refractivity contribution is 1.49. The first-order valence-corrected chi connectivity index (χ1v) is 7.41. The fraction of sp³-hybridized carbons (Fsp3) is 0. The van der Waals surface area contributed by atoms with Crippen molar-refractivity contribution in [3.8, 4) is 0 Å². The molecule has 0 aliphatic carbocycles. The Hall–Kier alpha value is -2.39. The van der Waals surface area contributed by atoms with Crippen molar-refractivity contribution < 1.29 is 0 Å². The molecule has 2 aromatic carbocycles. The van der Waals surface area contributed by atoms with Crippen LogP contribution in [0.25, 0.3) is 10.6 Å². The molecule has 0 saturated heterocycles. The molecule has 0 spiro atoms. The number of nitrogens with one attached hydrogen (secondary N) is 1. The molecule has 0 atom stereocenters. The van der Waals surface area contributed by atoms with Crippen LogP contribution in [0.2, 0.25) is 0 Å². The smallest absolute Gasteiger partial charge is 0.0855 e. The Kier molecular flexibility index (Phi) is 3.84. The van der Waals surface area contributed by atoms with E-state index in [4.69, 9.17) is 5.41 Å². The van der Waals surface area contributed by atoms with Crippen LogP contribution in [0.1, 0.15) is 11.1 Å². The van der Waals surface area contributed by atoms with E-state index in [0.29, 0.717) is 5.71 Å². The van der Waals surface area contributed by atoms with Crippen molar-refractivity contribution in [2.24, 2.45) is 4.99 Å². The third-order valence-corrected chi connectivity index (χ3v) is 4.40. The molecule has 0 fully saturated rings. The van der Waals surface area contributed by atoms with E-state index in [1.807, 2.05) is 54.6 Å². The van der Waals surface area contributed by atoms with Crippen molar-refractivity contribution in [1.29, 1.82) is 5.41 Å². The Morgan fingerprint density at radius 1 is 0.952 bits per heavy atom. The van der Waals surface area contributed by atoms with Crippen LogP contribution in [-0.4, -0.2) is 12.4 Å². The van der Waals surface area contributed by atoms with Gasteiger partial charge >= 0.3 is 0 Å². The van der Waals surface area contributed by atoms with Crippen LogP contribution in [0.4, 0.5) is 0 Å². The van der Waals surface area contributed by atoms with Gasteiger partial charge in [0.05, 0.1) is 16.3 Å². The Bertz CT molecular complexity index is 743. The summed E-state index contributed by atoms with van der Waals surface area (Å²) >= 11 is 1.58. The third kappa shape index (κ3) is 2.73. The highest BCUT2D eigenvalue weighted by Gasteiger charge is 2.22. The number of rotatable bonds is 3. The lowest BCUT2D eigenvalue weighted by Gasteiger charge is -2.07. The minimum Gasteiger partial charge on any atom is -0.300 e. The number of benzene rings is 2. The van der Waals surface area contributed by atoms with Crippen molar-refractivity contribution in [1.82, 2.24) is 0 Å². The minimum absolute atomic E-state index is 0.491. The zero-order valence-corrected chi connectivity index (χ0v) is 12.2. The molecular formula is C18H14N2S. The maximum absolute atomic E-state index is 8.23. The van der Waals surface area contributed by atoms with Gasteiger partial charge in [-0.3, -0.25) is 10.4 Å². The summed E-state index contributed by atoms with van der Waals surface area (Å²) in [4.78, 5) is 6.09. The van der Waals surface area contributed by atoms with Crippen molar-refractivity contribution in [3.63, 3.8) is 0 Å². The predicted molar refractivity (Wildman–Crippen MR) is 92.6 cm³/mol. The fourth-order valence-corrected chi connectivity index (χ4v) is 3.30. The first-order valence-electron chi connectivity index (χ1n) is 6.60. The standard InChI is InChI=1S/C18H14N2S/c1-20-17(14-10-6-3-7-11-14)18-15(19)12-16(21-18)13-8-4-2-5-9-13/h2-12,19H,1H2/b18-17+,19-15?. The van der Waals surface area contributed by atoms with Crippen LogP contribution in [0.3, 0.4) is 0 Å². The number of aliphatic imine (C=N–C) groups is 1. The third-order valence-electron chi connectivity index (χ3n) is 3.21. The van der Waals surface area contributed by atoms with Crippen LogP contribution in [-0.2, 0) is 0 Å². The van der Waals surface area contributed by atoms with Gasteiger partial charge in [0.15, 0.2) is 0 Å². The Labute approximate surface area is 128 Å². The zero-order valence-electron chi connectivity index (χ0n) is 11.4. The van der Waals surface area contributed by atoms with Crippen LogP contribution in [0, 0.1) is 5.41 Å². The molecule has 0 bridgehead atoms. The SMILES string of the molecule is C=N/C(=C1/SC(c2ccccc2)=CC1=N)c1ccccc1. The summed E-state index contributed by atoms with van der Waals surface area (Å²) < 4.78 is 0. The molecule has 2 nitrogen and oxygen atoms in total. The maximum Gasteiger partial charge on any atom is 0.0855 e. The summed E-state index contributed by atoms with van der Waals surface area (Å²) in [5.74, 6) is 0. The lowest BCUT2D eigenvalue weighted by atomic mass is 10.1. The van der Waals surface area contributed by atoms with E-state index >= 15 is 0 Å². The first kappa shape index (κ1) is 13.6. The normalized spacial score (nSPS) is 16.6. The first-order chi connectivity index (χ1) is 10.3. The van der Waals surface area contributed by atoms with E-state index < -0.39 is 0 Å². The maximum atomic E-state index is 8.23. The number of hydrogen-bond donors (Lipinski definition) is 1. The van der Waals surface area contributed by atoms with Crippen molar-refractivity contribution in [2.45, 2.75) is 0 Å². The van der Waals surface area contributed by atoms with Crippen molar-refractivity contribution >= 4 is 34.8 Å². The van der Waals surface area contributed by atoms with Crippen molar-refractivity contribution in [2.75, 3.05) is 0 Å². The second kappa shape index (κ2) is 5.94. The van der Waals surface area contributed by atoms with Crippen LogP contribution in [0.15, 0.2) is 76.6 Å². The van der Waals surface area contributed by atoms with E-state index in [2.05, 4.69) is 23.8 Å². The van der Waals surface area contributed by atoms with Gasteiger partial charge in [0.2, 0.25) is 0 Å². The number of nitrogens with zero attached hydrogens (tertiary/aromatic N) is 1. The monoisotopic (exact) mass is 290 g/mol. The van der Waals surface area contributed by atoms with E-state index in [-0.39, 0.29) is 0 Å². The predicted octanol–water partition coefficient (Wildman–Crippen LogP) is 4.86. The summed E-state index contributed by atoms with van der Waals surface area (Å²) in [7, 11) is 0. The van der Waals surface area contributed by atoms with E-state index in [9.17, 15) is 0 Å². The lowest BCUT2D eigenvalue weighted by Crippen LogP contribution is -1.92. The van der Waals surface area contributed by atoms with Crippen LogP contribution < -0.4 is 0 Å². The molecule has 0 amide bonds. The van der Waals surface area contributed by atoms with E-state index in [1.54, 1.807) is 11.8 Å². The molecule has 3 heteroatoms. The molecular weight excluding hydrogens is 276 g/mol. The highest BCUT2D eigenvalue weighted by Crippen LogP contribution is 2.43. The summed E-state index contributed by atoms with van der Waals surface area (Å²) in [6, 6.07) is 20.0. The Morgan fingerprint density at radius 3 is 2.19 bits per heavy atom. The summed E-state index contributed by atoms with van der Waals surface area (Å²) in [5.41, 5.74) is 3.37. The van der Waals surface area contributed by atoms with E-state index in [1.165, 1.54) is 0 Å². The largest absolute Gasteiger partial charge is 0.300 e. The van der Waals surface area contributed by atoms with Crippen LogP contribution >= 0.6 is 11.8 Å². The van der Waals surface area contributed by atoms with Gasteiger partial charge in [-0.1, -0.05) is 72.4 Å². The molecule has 21 heavy (non-hydrogen) atoms. The second-order valence-corrected chi connectivity index (χ2v) is 5.64. The Balaban J connectivity index is 2.00. The highest BCUT2D eigenvalue weighted by atomic mass is 32.2. The van der Waals surface area contributed by atoms with Gasteiger partial charge < -0.3 is 0 Å². The number of hydrogen-bond acceptors (Lipinski definition) is 3. The molecule has 102 valence electrons. The average molecular weight is 290 g/mol. The summed E-state index contributed by atoms with van der Waals surface area (Å²) in [5, 5.41) is 8.23. The van der Waals surface area contributed by atoms with Gasteiger partial charge in [-0.15, -0.1) is 0 Å². The highest BCUT2D eigenvalue weighted by molar-refractivity contribution is 8.13. The molecule has 0 saturated carbocycles. The average Bonchev–Trinajstić information content (AvgIpc) is 2.92. The molecule has 1 heterocycles. The molecule has 2 aromatic rings. The quantitative estimate of drug-likeness (QED) is 0.805. The molecule has 0 radical (unpaired) electrons. The van der Waals surface area contributed by atoms with Crippen molar-refractivity contribution in [3.05, 3.63) is 82.8 Å². The van der Waals surface area contributed by atoms with Gasteiger partial charge in [0, 0.05) is 10.5 Å². The Morgan fingerprint density at radius 2 is 1.57 bits per heavy atom. The van der Waals surface area contributed by atoms with Gasteiger partial charge in [0.25, 0.3) is 0 Å². The number of thioether (sulfide) groups is 1. The topological polar surface area (TPSA) is 36.2 Å². The van der Waals surface area contributed by atoms with Gasteiger partial charge in [-0.2, -0.15) is 0 Å². The van der Waals surface area contributed by atoms with Gasteiger partial charge in [-0.25, -0.2) is 0 Å². The number of allylic oxidation sites excluding steroid dienone is 2.